The van der Waals surface area contributed by atoms with E-state index in [1.54, 1.807) is 0 Å². The molecule has 0 saturated carbocycles. The zero-order chi connectivity index (χ0) is 18.7. The van der Waals surface area contributed by atoms with E-state index < -0.39 is 11.9 Å². The highest BCUT2D eigenvalue weighted by atomic mass is 35.5. The van der Waals surface area contributed by atoms with Crippen LogP contribution in [0.15, 0.2) is 30.5 Å². The molecule has 0 atom stereocenters. The predicted octanol–water partition coefficient (Wildman–Crippen LogP) is 4.61. The number of nitrogens with zero attached hydrogens (tertiary/aromatic N) is 3. The lowest BCUT2D eigenvalue weighted by Gasteiger charge is -2.11. The highest BCUT2D eigenvalue weighted by molar-refractivity contribution is 7.10. The molecule has 0 aliphatic rings. The van der Waals surface area contributed by atoms with Gasteiger partial charge >= 0.3 is 6.09 Å². The van der Waals surface area contributed by atoms with Crippen LogP contribution < -0.4 is 16.0 Å². The van der Waals surface area contributed by atoms with Crippen molar-refractivity contribution in [3.8, 4) is 0 Å². The smallest absolute Gasteiger partial charge is 0.409 e. The first-order chi connectivity index (χ1) is 12.4. The van der Waals surface area contributed by atoms with Gasteiger partial charge in [0.1, 0.15) is 15.8 Å². The fraction of sp³-hybridized carbons (Fsp3) is 0.0667. The van der Waals surface area contributed by atoms with Crippen molar-refractivity contribution in [1.82, 2.24) is 14.3 Å². The SMILES string of the molecule is Cc1cc(Nc2ncc(Cl)c(Nc3cc(NC(=O)O)ccc3F)n2)sn1. The Bertz CT molecular complexity index is 967. The number of amides is 1. The van der Waals surface area contributed by atoms with Gasteiger partial charge in [-0.2, -0.15) is 9.36 Å². The van der Waals surface area contributed by atoms with Crippen LogP contribution in [-0.4, -0.2) is 25.5 Å². The summed E-state index contributed by atoms with van der Waals surface area (Å²) in [5.74, 6) is -0.180. The zero-order valence-electron chi connectivity index (χ0n) is 13.2. The molecule has 0 fully saturated rings. The molecule has 0 aliphatic heterocycles. The van der Waals surface area contributed by atoms with E-state index in [1.807, 2.05) is 13.0 Å². The van der Waals surface area contributed by atoms with Crippen LogP contribution in [0.3, 0.4) is 0 Å². The Morgan fingerprint density at radius 3 is 2.81 bits per heavy atom. The Hall–Kier alpha value is -2.98. The molecule has 2 heterocycles. The van der Waals surface area contributed by atoms with E-state index in [2.05, 4.69) is 30.3 Å². The normalized spacial score (nSPS) is 10.4. The average molecular weight is 395 g/mol. The van der Waals surface area contributed by atoms with Gasteiger partial charge in [0, 0.05) is 5.69 Å². The van der Waals surface area contributed by atoms with Gasteiger partial charge in [-0.1, -0.05) is 11.6 Å². The van der Waals surface area contributed by atoms with Crippen LogP contribution >= 0.6 is 23.1 Å². The fourth-order valence-corrected chi connectivity index (χ4v) is 2.79. The van der Waals surface area contributed by atoms with Crippen LogP contribution in [0.4, 0.5) is 37.3 Å². The van der Waals surface area contributed by atoms with Crippen molar-refractivity contribution >= 4 is 57.4 Å². The number of rotatable bonds is 5. The second kappa shape index (κ2) is 7.50. The molecule has 1 aromatic carbocycles. The minimum absolute atomic E-state index is 0.0106. The van der Waals surface area contributed by atoms with E-state index in [4.69, 9.17) is 16.7 Å². The molecule has 8 nitrogen and oxygen atoms in total. The second-order valence-electron chi connectivity index (χ2n) is 5.10. The van der Waals surface area contributed by atoms with E-state index in [-0.39, 0.29) is 28.2 Å². The van der Waals surface area contributed by atoms with E-state index in [0.717, 1.165) is 16.8 Å². The van der Waals surface area contributed by atoms with Gasteiger partial charge in [-0.15, -0.1) is 0 Å². The van der Waals surface area contributed by atoms with Crippen molar-refractivity contribution < 1.29 is 14.3 Å². The maximum Gasteiger partial charge on any atom is 0.409 e. The Morgan fingerprint density at radius 1 is 1.31 bits per heavy atom. The molecule has 4 N–H and O–H groups in total. The lowest BCUT2D eigenvalue weighted by Crippen LogP contribution is -2.08. The molecule has 0 radical (unpaired) electrons. The van der Waals surface area contributed by atoms with Crippen LogP contribution in [0.2, 0.25) is 5.02 Å². The highest BCUT2D eigenvalue weighted by Crippen LogP contribution is 2.28. The number of benzene rings is 1. The molecule has 2 aromatic heterocycles. The number of hydrogen-bond donors (Lipinski definition) is 4. The number of carboxylic acid groups (broad SMARTS) is 1. The average Bonchev–Trinajstić information content (AvgIpc) is 2.98. The summed E-state index contributed by atoms with van der Waals surface area (Å²) in [6.07, 6.45) is 0.110. The molecule has 0 aliphatic carbocycles. The predicted molar refractivity (Wildman–Crippen MR) is 98.5 cm³/mol. The molecule has 0 spiro atoms. The van der Waals surface area contributed by atoms with Gasteiger partial charge < -0.3 is 15.7 Å². The van der Waals surface area contributed by atoms with Crippen LogP contribution in [0, 0.1) is 12.7 Å². The van der Waals surface area contributed by atoms with Crippen molar-refractivity contribution in [3.63, 3.8) is 0 Å². The van der Waals surface area contributed by atoms with Crippen LogP contribution in [-0.2, 0) is 0 Å². The third kappa shape index (κ3) is 4.35. The number of hydrogen-bond acceptors (Lipinski definition) is 7. The molecule has 3 rings (SSSR count). The van der Waals surface area contributed by atoms with E-state index >= 15 is 0 Å². The third-order valence-electron chi connectivity index (χ3n) is 3.08. The summed E-state index contributed by atoms with van der Waals surface area (Å²) in [6, 6.07) is 5.55. The van der Waals surface area contributed by atoms with Gasteiger partial charge in [-0.3, -0.25) is 5.32 Å². The molecule has 0 unspecified atom stereocenters. The number of nitrogens with one attached hydrogen (secondary N) is 3. The molecule has 3 aromatic rings. The van der Waals surface area contributed by atoms with Crippen LogP contribution in [0.1, 0.15) is 5.69 Å². The quantitative estimate of drug-likeness (QED) is 0.499. The fourth-order valence-electron chi connectivity index (χ4n) is 2.00. The summed E-state index contributed by atoms with van der Waals surface area (Å²) >= 11 is 7.32. The number of aromatic nitrogens is 3. The summed E-state index contributed by atoms with van der Waals surface area (Å²) in [4.78, 5) is 19.0. The summed E-state index contributed by atoms with van der Waals surface area (Å²) in [5.41, 5.74) is 1.07. The minimum Gasteiger partial charge on any atom is -0.465 e. The van der Waals surface area contributed by atoms with Gasteiger partial charge in [0.25, 0.3) is 0 Å². The van der Waals surface area contributed by atoms with Gasteiger partial charge in [0.2, 0.25) is 5.95 Å². The minimum atomic E-state index is -1.26. The molecule has 134 valence electrons. The Morgan fingerprint density at radius 2 is 2.12 bits per heavy atom. The van der Waals surface area contributed by atoms with Crippen molar-refractivity contribution in [3.05, 3.63) is 47.0 Å². The van der Waals surface area contributed by atoms with Crippen molar-refractivity contribution in [1.29, 1.82) is 0 Å². The molecular formula is C15H12ClFN6O2S. The highest BCUT2D eigenvalue weighted by Gasteiger charge is 2.11. The molecule has 0 saturated heterocycles. The Kier molecular flexibility index (Phi) is 5.14. The molecular weight excluding hydrogens is 383 g/mol. The monoisotopic (exact) mass is 394 g/mol. The van der Waals surface area contributed by atoms with Crippen molar-refractivity contribution in [2.75, 3.05) is 16.0 Å². The van der Waals surface area contributed by atoms with Crippen LogP contribution in [0.25, 0.3) is 0 Å². The molecule has 11 heteroatoms. The van der Waals surface area contributed by atoms with Crippen LogP contribution in [0.5, 0.6) is 0 Å². The maximum atomic E-state index is 14.0. The number of aryl methyl sites for hydroxylation is 1. The van der Waals surface area contributed by atoms with E-state index in [1.165, 1.54) is 29.9 Å². The molecule has 26 heavy (non-hydrogen) atoms. The Labute approximate surface area is 156 Å². The standard InChI is InChI=1S/C15H12ClFN6O2S/c1-7-4-12(26-23-7)21-14-18-6-9(16)13(22-14)20-11-5-8(19-15(24)25)2-3-10(11)17/h2-6,19H,1H3,(H,24,25)(H2,18,20,21,22). The zero-order valence-corrected chi connectivity index (χ0v) is 14.8. The Balaban J connectivity index is 1.85. The first-order valence-electron chi connectivity index (χ1n) is 7.20. The number of anilines is 5. The largest absolute Gasteiger partial charge is 0.465 e. The lowest BCUT2D eigenvalue weighted by molar-refractivity contribution is 0.209. The summed E-state index contributed by atoms with van der Waals surface area (Å²) in [6.45, 7) is 1.86. The van der Waals surface area contributed by atoms with Crippen molar-refractivity contribution in [2.24, 2.45) is 0 Å². The summed E-state index contributed by atoms with van der Waals surface area (Å²) in [7, 11) is 0. The summed E-state index contributed by atoms with van der Waals surface area (Å²) in [5, 5.41) is 17.5. The van der Waals surface area contributed by atoms with E-state index in [9.17, 15) is 9.18 Å². The maximum absolute atomic E-state index is 14.0. The summed E-state index contributed by atoms with van der Waals surface area (Å²) < 4.78 is 18.2. The van der Waals surface area contributed by atoms with Gasteiger partial charge in [0.15, 0.2) is 5.82 Å². The molecule has 0 bridgehead atoms. The van der Waals surface area contributed by atoms with E-state index in [0.29, 0.717) is 0 Å². The number of halogens is 2. The van der Waals surface area contributed by atoms with Crippen molar-refractivity contribution in [2.45, 2.75) is 6.92 Å². The van der Waals surface area contributed by atoms with Gasteiger partial charge in [-0.05, 0) is 42.7 Å². The number of carbonyl (C=O) groups is 1. The second-order valence-corrected chi connectivity index (χ2v) is 6.31. The first-order valence-corrected chi connectivity index (χ1v) is 8.35. The van der Waals surface area contributed by atoms with Gasteiger partial charge in [0.05, 0.1) is 17.6 Å². The third-order valence-corrected chi connectivity index (χ3v) is 4.15. The molecule has 1 amide bonds. The van der Waals surface area contributed by atoms with Gasteiger partial charge in [-0.25, -0.2) is 14.2 Å². The topological polar surface area (TPSA) is 112 Å². The lowest BCUT2D eigenvalue weighted by atomic mass is 10.2. The first kappa shape index (κ1) is 17.8.